The molecule has 2 aromatic rings. The quantitative estimate of drug-likeness (QED) is 0.911. The summed E-state index contributed by atoms with van der Waals surface area (Å²) in [6.45, 7) is 4.06. The van der Waals surface area contributed by atoms with Crippen LogP contribution in [0.4, 0.5) is 5.69 Å². The van der Waals surface area contributed by atoms with Crippen LogP contribution in [0.5, 0.6) is 0 Å². The number of amides is 1. The third-order valence-corrected chi connectivity index (χ3v) is 5.42. The number of nitrogens with two attached hydrogens (primary N) is 1. The van der Waals surface area contributed by atoms with Crippen LogP contribution in [-0.2, 0) is 0 Å². The molecule has 0 bridgehead atoms. The molecule has 0 spiro atoms. The zero-order chi connectivity index (χ0) is 14.3. The number of nitrogen functional groups attached to an aromatic ring is 1. The Morgan fingerprint density at radius 3 is 2.85 bits per heavy atom. The molecule has 1 aliphatic rings. The van der Waals surface area contributed by atoms with Crippen molar-refractivity contribution in [2.45, 2.75) is 45.1 Å². The average Bonchev–Trinajstić information content (AvgIpc) is 2.70. The number of aromatic nitrogens is 1. The van der Waals surface area contributed by atoms with E-state index in [0.717, 1.165) is 35.2 Å². The monoisotopic (exact) mass is 289 g/mol. The maximum Gasteiger partial charge on any atom is 0.264 e. The Labute approximate surface area is 122 Å². The lowest BCUT2D eigenvalue weighted by atomic mass is 9.75. The molecule has 0 aromatic carbocycles. The van der Waals surface area contributed by atoms with Gasteiger partial charge in [0.05, 0.1) is 5.69 Å². The van der Waals surface area contributed by atoms with Crippen LogP contribution in [0.3, 0.4) is 0 Å². The largest absolute Gasteiger partial charge is 0.397 e. The summed E-state index contributed by atoms with van der Waals surface area (Å²) < 4.78 is 0. The second kappa shape index (κ2) is 4.74. The number of pyridine rings is 1. The summed E-state index contributed by atoms with van der Waals surface area (Å²) in [5, 5.41) is 4.06. The third-order valence-electron chi connectivity index (χ3n) is 4.31. The number of carbonyl (C=O) groups excluding carboxylic acids is 1. The van der Waals surface area contributed by atoms with E-state index in [2.05, 4.69) is 17.2 Å². The Morgan fingerprint density at radius 2 is 2.25 bits per heavy atom. The van der Waals surface area contributed by atoms with Crippen molar-refractivity contribution < 1.29 is 4.79 Å². The molecule has 3 N–H and O–H groups in total. The van der Waals surface area contributed by atoms with Crippen molar-refractivity contribution >= 4 is 33.1 Å². The highest BCUT2D eigenvalue weighted by Crippen LogP contribution is 2.37. The molecule has 0 radical (unpaired) electrons. The number of nitrogens with zero attached hydrogens (tertiary/aromatic N) is 1. The number of hydrogen-bond donors (Lipinski definition) is 2. The molecule has 2 heterocycles. The molecule has 4 nitrogen and oxygen atoms in total. The van der Waals surface area contributed by atoms with Gasteiger partial charge in [-0.2, -0.15) is 0 Å². The van der Waals surface area contributed by atoms with E-state index < -0.39 is 0 Å². The van der Waals surface area contributed by atoms with Crippen LogP contribution in [0.1, 0.15) is 48.0 Å². The molecule has 0 saturated heterocycles. The van der Waals surface area contributed by atoms with E-state index in [1.54, 1.807) is 0 Å². The van der Waals surface area contributed by atoms with E-state index >= 15 is 0 Å². The standard InChI is InChI=1S/C15H19N3OS/c1-3-15(7-4-8-15)18-13(19)12-11(16)10-6-5-9(2)17-14(10)20-12/h5-6H,3-4,7-8,16H2,1-2H3,(H,18,19). The topological polar surface area (TPSA) is 68.0 Å². The van der Waals surface area contributed by atoms with Gasteiger partial charge < -0.3 is 11.1 Å². The molecule has 106 valence electrons. The summed E-state index contributed by atoms with van der Waals surface area (Å²) in [6, 6.07) is 3.87. The Bertz CT molecular complexity index is 668. The summed E-state index contributed by atoms with van der Waals surface area (Å²) in [5.74, 6) is -0.0512. The third kappa shape index (κ3) is 2.06. The van der Waals surface area contributed by atoms with Crippen LogP contribution in [0.25, 0.3) is 10.2 Å². The average molecular weight is 289 g/mol. The van der Waals surface area contributed by atoms with Gasteiger partial charge in [0, 0.05) is 16.6 Å². The number of aryl methyl sites for hydroxylation is 1. The van der Waals surface area contributed by atoms with Crippen LogP contribution >= 0.6 is 11.3 Å². The first-order chi connectivity index (χ1) is 9.54. The fourth-order valence-electron chi connectivity index (χ4n) is 2.73. The molecule has 1 saturated carbocycles. The number of nitrogens with one attached hydrogen (secondary N) is 1. The first kappa shape index (κ1) is 13.4. The molecule has 0 atom stereocenters. The van der Waals surface area contributed by atoms with Crippen molar-refractivity contribution in [3.63, 3.8) is 0 Å². The molecule has 3 rings (SSSR count). The van der Waals surface area contributed by atoms with Crippen LogP contribution in [-0.4, -0.2) is 16.4 Å². The highest BCUT2D eigenvalue weighted by molar-refractivity contribution is 7.21. The minimum Gasteiger partial charge on any atom is -0.397 e. The van der Waals surface area contributed by atoms with Gasteiger partial charge >= 0.3 is 0 Å². The summed E-state index contributed by atoms with van der Waals surface area (Å²) in [5.41, 5.74) is 7.60. The Hall–Kier alpha value is -1.62. The minimum atomic E-state index is -0.0512. The SMILES string of the molecule is CCC1(NC(=O)c2sc3nc(C)ccc3c2N)CCC1. The highest BCUT2D eigenvalue weighted by Gasteiger charge is 2.37. The van der Waals surface area contributed by atoms with Crippen molar-refractivity contribution in [3.05, 3.63) is 22.7 Å². The van der Waals surface area contributed by atoms with Gasteiger partial charge in [-0.15, -0.1) is 11.3 Å². The van der Waals surface area contributed by atoms with Crippen LogP contribution in [0.2, 0.25) is 0 Å². The Kier molecular flexibility index (Phi) is 3.17. The van der Waals surface area contributed by atoms with Gasteiger partial charge in [-0.3, -0.25) is 4.79 Å². The van der Waals surface area contributed by atoms with Crippen molar-refractivity contribution in [2.24, 2.45) is 0 Å². The van der Waals surface area contributed by atoms with Crippen molar-refractivity contribution in [3.8, 4) is 0 Å². The number of hydrogen-bond acceptors (Lipinski definition) is 4. The number of carbonyl (C=O) groups is 1. The van der Waals surface area contributed by atoms with Crippen molar-refractivity contribution in [1.82, 2.24) is 10.3 Å². The molecule has 1 fully saturated rings. The smallest absolute Gasteiger partial charge is 0.264 e. The predicted molar refractivity (Wildman–Crippen MR) is 83.1 cm³/mol. The summed E-state index contributed by atoms with van der Waals surface area (Å²) >= 11 is 1.38. The molecule has 1 amide bonds. The van der Waals surface area contributed by atoms with Crippen LogP contribution < -0.4 is 11.1 Å². The Balaban J connectivity index is 1.93. The second-order valence-corrected chi connectivity index (χ2v) is 6.59. The summed E-state index contributed by atoms with van der Waals surface area (Å²) in [7, 11) is 0. The van der Waals surface area contributed by atoms with Gasteiger partial charge in [-0.05, 0) is 44.7 Å². The number of fused-ring (bicyclic) bond motifs is 1. The molecular formula is C15H19N3OS. The van der Waals surface area contributed by atoms with Gasteiger partial charge in [-0.25, -0.2) is 4.98 Å². The van der Waals surface area contributed by atoms with E-state index in [1.165, 1.54) is 17.8 Å². The van der Waals surface area contributed by atoms with E-state index in [1.807, 2.05) is 19.1 Å². The highest BCUT2D eigenvalue weighted by atomic mass is 32.1. The molecular weight excluding hydrogens is 270 g/mol. The number of rotatable bonds is 3. The first-order valence-electron chi connectivity index (χ1n) is 7.03. The number of thiophene rings is 1. The molecule has 2 aromatic heterocycles. The first-order valence-corrected chi connectivity index (χ1v) is 7.84. The summed E-state index contributed by atoms with van der Waals surface area (Å²) in [4.78, 5) is 18.4. The zero-order valence-electron chi connectivity index (χ0n) is 11.8. The summed E-state index contributed by atoms with van der Waals surface area (Å²) in [6.07, 6.45) is 4.30. The lowest BCUT2D eigenvalue weighted by molar-refractivity contribution is 0.0825. The van der Waals surface area contributed by atoms with Gasteiger partial charge in [0.1, 0.15) is 9.71 Å². The fourth-order valence-corrected chi connectivity index (χ4v) is 3.76. The second-order valence-electron chi connectivity index (χ2n) is 5.59. The Morgan fingerprint density at radius 1 is 1.50 bits per heavy atom. The van der Waals surface area contributed by atoms with Crippen molar-refractivity contribution in [2.75, 3.05) is 5.73 Å². The van der Waals surface area contributed by atoms with E-state index in [0.29, 0.717) is 10.6 Å². The van der Waals surface area contributed by atoms with Gasteiger partial charge in [0.2, 0.25) is 0 Å². The van der Waals surface area contributed by atoms with E-state index in [9.17, 15) is 4.79 Å². The molecule has 0 unspecified atom stereocenters. The van der Waals surface area contributed by atoms with Gasteiger partial charge in [0.25, 0.3) is 5.91 Å². The maximum atomic E-state index is 12.5. The zero-order valence-corrected chi connectivity index (χ0v) is 12.6. The van der Waals surface area contributed by atoms with Gasteiger partial charge in [0.15, 0.2) is 0 Å². The number of anilines is 1. The molecule has 0 aliphatic heterocycles. The maximum absolute atomic E-state index is 12.5. The van der Waals surface area contributed by atoms with Gasteiger partial charge in [-0.1, -0.05) is 6.92 Å². The predicted octanol–water partition coefficient (Wildman–Crippen LogP) is 3.25. The fraction of sp³-hybridized carbons (Fsp3) is 0.467. The van der Waals surface area contributed by atoms with Crippen LogP contribution in [0.15, 0.2) is 12.1 Å². The van der Waals surface area contributed by atoms with E-state index in [4.69, 9.17) is 5.73 Å². The molecule has 1 aliphatic carbocycles. The molecule has 20 heavy (non-hydrogen) atoms. The van der Waals surface area contributed by atoms with Crippen molar-refractivity contribution in [1.29, 1.82) is 0 Å². The lowest BCUT2D eigenvalue weighted by Crippen LogP contribution is -2.52. The van der Waals surface area contributed by atoms with E-state index in [-0.39, 0.29) is 11.4 Å². The minimum absolute atomic E-state index is 0.0109. The van der Waals surface area contributed by atoms with Crippen LogP contribution in [0, 0.1) is 6.92 Å². The normalized spacial score (nSPS) is 16.9. The lowest BCUT2D eigenvalue weighted by Gasteiger charge is -2.41. The molecule has 5 heteroatoms.